The highest BCUT2D eigenvalue weighted by Crippen LogP contribution is 2.34. The molecule has 2 atom stereocenters. The number of aryl methyl sites for hydroxylation is 1. The van der Waals surface area contributed by atoms with Crippen LogP contribution in [0.2, 0.25) is 0 Å². The molecule has 0 amide bonds. The molecule has 1 fully saturated rings. The molecule has 1 aromatic rings. The first-order valence-electron chi connectivity index (χ1n) is 8.06. The summed E-state index contributed by atoms with van der Waals surface area (Å²) < 4.78 is 6.07. The Balaban J connectivity index is 0.00000264. The van der Waals surface area contributed by atoms with E-state index in [9.17, 15) is 0 Å². The van der Waals surface area contributed by atoms with Gasteiger partial charge in [0.25, 0.3) is 0 Å². The molecule has 0 N–H and O–H groups in total. The van der Waals surface area contributed by atoms with Crippen LogP contribution in [0, 0.1) is 12.8 Å². The Morgan fingerprint density at radius 2 is 1.74 bits per heavy atom. The minimum Gasteiger partial charge on any atom is -0.373 e. The van der Waals surface area contributed by atoms with Crippen molar-refractivity contribution >= 4 is 29.9 Å². The van der Waals surface area contributed by atoms with Gasteiger partial charge in [0, 0.05) is 47.3 Å². The van der Waals surface area contributed by atoms with Gasteiger partial charge in [-0.2, -0.15) is 0 Å². The van der Waals surface area contributed by atoms with Gasteiger partial charge < -0.3 is 14.5 Å². The highest BCUT2D eigenvalue weighted by atomic mass is 127. The molecule has 5 heteroatoms. The molecule has 23 heavy (non-hydrogen) atoms. The first-order valence-corrected chi connectivity index (χ1v) is 8.06. The van der Waals surface area contributed by atoms with Crippen LogP contribution < -0.4 is 0 Å². The Labute approximate surface area is 157 Å². The molecule has 0 aliphatic carbocycles. The second-order valence-corrected chi connectivity index (χ2v) is 6.53. The molecule has 1 aliphatic rings. The molecule has 0 saturated carbocycles. The molecule has 1 aromatic carbocycles. The minimum atomic E-state index is 0. The summed E-state index contributed by atoms with van der Waals surface area (Å²) in [5, 5.41) is 0. The van der Waals surface area contributed by atoms with Gasteiger partial charge in [-0.05, 0) is 25.3 Å². The van der Waals surface area contributed by atoms with Crippen LogP contribution in [0.3, 0.4) is 0 Å². The first-order chi connectivity index (χ1) is 10.5. The Kier molecular flexibility index (Phi) is 8.33. The third-order valence-corrected chi connectivity index (χ3v) is 4.12. The van der Waals surface area contributed by atoms with Crippen LogP contribution in [0.1, 0.15) is 30.1 Å². The van der Waals surface area contributed by atoms with Crippen molar-refractivity contribution in [3.8, 4) is 0 Å². The van der Waals surface area contributed by atoms with Crippen LogP contribution in [-0.4, -0.2) is 57.1 Å². The number of aliphatic imine (C=N–C) groups is 1. The zero-order valence-corrected chi connectivity index (χ0v) is 17.3. The molecular weight excluding hydrogens is 401 g/mol. The van der Waals surface area contributed by atoms with Gasteiger partial charge in [-0.15, -0.1) is 24.0 Å². The van der Waals surface area contributed by atoms with E-state index in [1.165, 1.54) is 17.5 Å². The summed E-state index contributed by atoms with van der Waals surface area (Å²) >= 11 is 0. The maximum absolute atomic E-state index is 6.07. The quantitative estimate of drug-likeness (QED) is 0.416. The van der Waals surface area contributed by atoms with E-state index in [2.05, 4.69) is 41.0 Å². The second kappa shape index (κ2) is 9.47. The van der Waals surface area contributed by atoms with Gasteiger partial charge in [-0.25, -0.2) is 0 Å². The summed E-state index contributed by atoms with van der Waals surface area (Å²) in [6.07, 6.45) is 2.47. The fourth-order valence-corrected chi connectivity index (χ4v) is 3.04. The average molecular weight is 431 g/mol. The molecule has 0 spiro atoms. The molecule has 2 rings (SSSR count). The van der Waals surface area contributed by atoms with Gasteiger partial charge in [0.05, 0.1) is 6.10 Å². The highest BCUT2D eigenvalue weighted by molar-refractivity contribution is 14.0. The number of benzene rings is 1. The summed E-state index contributed by atoms with van der Waals surface area (Å²) in [5.41, 5.74) is 2.57. The van der Waals surface area contributed by atoms with Crippen LogP contribution in [0.5, 0.6) is 0 Å². The number of nitrogens with zero attached hydrogens (tertiary/aromatic N) is 3. The van der Waals surface area contributed by atoms with Gasteiger partial charge in [-0.3, -0.25) is 4.99 Å². The van der Waals surface area contributed by atoms with Crippen molar-refractivity contribution in [3.05, 3.63) is 35.4 Å². The van der Waals surface area contributed by atoms with E-state index in [-0.39, 0.29) is 30.1 Å². The molecule has 0 aromatic heterocycles. The average Bonchev–Trinajstić information content (AvgIpc) is 2.48. The molecule has 1 aliphatic heterocycles. The number of halogens is 1. The third kappa shape index (κ3) is 5.64. The number of guanidine groups is 1. The van der Waals surface area contributed by atoms with Crippen molar-refractivity contribution in [1.29, 1.82) is 0 Å². The molecule has 2 unspecified atom stereocenters. The maximum atomic E-state index is 6.07. The van der Waals surface area contributed by atoms with E-state index in [1.54, 1.807) is 0 Å². The summed E-state index contributed by atoms with van der Waals surface area (Å²) in [7, 11) is 8.14. The smallest absolute Gasteiger partial charge is 0.195 e. The van der Waals surface area contributed by atoms with Crippen LogP contribution in [0.15, 0.2) is 29.3 Å². The van der Waals surface area contributed by atoms with Gasteiger partial charge in [-0.1, -0.05) is 29.8 Å². The predicted molar refractivity (Wildman–Crippen MR) is 108 cm³/mol. The molecular formula is C18H30IN3O. The standard InChI is InChI=1S/C18H29N3O.HI/c1-14-8-10-15(11-9-14)17-16(7-6-12-22-17)13-19-18(20(2)3)21(4)5;/h8-11,16-17H,6-7,12-13H2,1-5H3;1H. The first kappa shape index (κ1) is 20.2. The second-order valence-electron chi connectivity index (χ2n) is 6.53. The summed E-state index contributed by atoms with van der Waals surface area (Å²) in [4.78, 5) is 8.95. The Morgan fingerprint density at radius 1 is 1.13 bits per heavy atom. The third-order valence-electron chi connectivity index (χ3n) is 4.12. The molecule has 1 saturated heterocycles. The lowest BCUT2D eigenvalue weighted by molar-refractivity contribution is -0.0251. The lowest BCUT2D eigenvalue weighted by atomic mass is 9.89. The van der Waals surface area contributed by atoms with Crippen LogP contribution >= 0.6 is 24.0 Å². The van der Waals surface area contributed by atoms with Gasteiger partial charge in [0.2, 0.25) is 0 Å². The lowest BCUT2D eigenvalue weighted by Gasteiger charge is -2.32. The normalized spacial score (nSPS) is 20.4. The monoisotopic (exact) mass is 431 g/mol. The fourth-order valence-electron chi connectivity index (χ4n) is 3.04. The van der Waals surface area contributed by atoms with E-state index >= 15 is 0 Å². The van der Waals surface area contributed by atoms with Crippen LogP contribution in [0.4, 0.5) is 0 Å². The van der Waals surface area contributed by atoms with Crippen LogP contribution in [-0.2, 0) is 4.74 Å². The molecule has 0 bridgehead atoms. The van der Waals surface area contributed by atoms with E-state index in [0.29, 0.717) is 5.92 Å². The highest BCUT2D eigenvalue weighted by Gasteiger charge is 2.27. The summed E-state index contributed by atoms with van der Waals surface area (Å²) in [5.74, 6) is 1.46. The van der Waals surface area contributed by atoms with E-state index in [1.807, 2.05) is 28.2 Å². The minimum absolute atomic E-state index is 0. The largest absolute Gasteiger partial charge is 0.373 e. The molecule has 130 valence electrons. The van der Waals surface area contributed by atoms with Crippen molar-refractivity contribution in [2.75, 3.05) is 41.3 Å². The van der Waals surface area contributed by atoms with Gasteiger partial charge >= 0.3 is 0 Å². The molecule has 0 radical (unpaired) electrons. The Bertz CT molecular complexity index is 489. The van der Waals surface area contributed by atoms with Crippen molar-refractivity contribution in [2.45, 2.75) is 25.9 Å². The summed E-state index contributed by atoms with van der Waals surface area (Å²) in [6.45, 7) is 3.78. The Morgan fingerprint density at radius 3 is 2.30 bits per heavy atom. The van der Waals surface area contributed by atoms with E-state index < -0.39 is 0 Å². The zero-order valence-electron chi connectivity index (χ0n) is 15.0. The van der Waals surface area contributed by atoms with E-state index in [4.69, 9.17) is 9.73 Å². The summed E-state index contributed by atoms with van der Waals surface area (Å²) in [6, 6.07) is 8.72. The maximum Gasteiger partial charge on any atom is 0.195 e. The number of rotatable bonds is 3. The predicted octanol–water partition coefficient (Wildman–Crippen LogP) is 3.56. The van der Waals surface area contributed by atoms with Crippen molar-refractivity contribution in [2.24, 2.45) is 10.9 Å². The van der Waals surface area contributed by atoms with Crippen molar-refractivity contribution < 1.29 is 4.74 Å². The van der Waals surface area contributed by atoms with Crippen molar-refractivity contribution in [3.63, 3.8) is 0 Å². The number of ether oxygens (including phenoxy) is 1. The SMILES string of the molecule is Cc1ccc(C2OCCCC2CN=C(N(C)C)N(C)C)cc1.I. The van der Waals surface area contributed by atoms with Crippen LogP contribution in [0.25, 0.3) is 0 Å². The fraction of sp³-hybridized carbons (Fsp3) is 0.611. The topological polar surface area (TPSA) is 28.1 Å². The van der Waals surface area contributed by atoms with Gasteiger partial charge in [0.1, 0.15) is 0 Å². The molecule has 4 nitrogen and oxygen atoms in total. The lowest BCUT2D eigenvalue weighted by Crippen LogP contribution is -2.36. The molecule has 1 heterocycles. The Hall–Kier alpha value is -0.820. The van der Waals surface area contributed by atoms with E-state index in [0.717, 1.165) is 25.5 Å². The number of hydrogen-bond acceptors (Lipinski definition) is 2. The van der Waals surface area contributed by atoms with Gasteiger partial charge in [0.15, 0.2) is 5.96 Å². The number of hydrogen-bond donors (Lipinski definition) is 0. The zero-order chi connectivity index (χ0) is 16.1. The van der Waals surface area contributed by atoms with Crippen molar-refractivity contribution in [1.82, 2.24) is 9.80 Å².